The Bertz CT molecular complexity index is 1150. The zero-order chi connectivity index (χ0) is 23.1. The van der Waals surface area contributed by atoms with E-state index in [1.54, 1.807) is 24.3 Å². The van der Waals surface area contributed by atoms with Crippen molar-refractivity contribution in [2.45, 2.75) is 20.5 Å². The van der Waals surface area contributed by atoms with Gasteiger partial charge < -0.3 is 9.47 Å². The average molecular weight is 536 g/mol. The first-order chi connectivity index (χ1) is 15.4. The largest absolute Gasteiger partial charge is 0.490 e. The molecule has 0 heterocycles. The molecular weight excluding hydrogens is 515 g/mol. The highest BCUT2D eigenvalue weighted by molar-refractivity contribution is 9.10. The van der Waals surface area contributed by atoms with Crippen LogP contribution in [-0.4, -0.2) is 18.7 Å². The van der Waals surface area contributed by atoms with Crippen molar-refractivity contribution in [3.63, 3.8) is 0 Å². The zero-order valence-corrected chi connectivity index (χ0v) is 20.6. The van der Waals surface area contributed by atoms with Crippen LogP contribution in [0, 0.1) is 6.92 Å². The first-order valence-corrected chi connectivity index (χ1v) is 11.4. The summed E-state index contributed by atoms with van der Waals surface area (Å²) < 4.78 is 12.4. The number of rotatable bonds is 8. The van der Waals surface area contributed by atoms with Gasteiger partial charge in [-0.05, 0) is 71.2 Å². The van der Waals surface area contributed by atoms with Gasteiger partial charge in [0, 0.05) is 21.2 Å². The van der Waals surface area contributed by atoms with E-state index in [0.717, 1.165) is 11.1 Å². The molecule has 0 unspecified atom stereocenters. The van der Waals surface area contributed by atoms with E-state index in [4.69, 9.17) is 32.7 Å². The third-order valence-corrected chi connectivity index (χ3v) is 5.84. The highest BCUT2D eigenvalue weighted by atomic mass is 79.9. The molecule has 0 aliphatic heterocycles. The van der Waals surface area contributed by atoms with E-state index < -0.39 is 0 Å². The molecule has 0 bridgehead atoms. The summed E-state index contributed by atoms with van der Waals surface area (Å²) in [5.41, 5.74) is 5.41. The number of hydrogen-bond donors (Lipinski definition) is 1. The number of ether oxygens (including phenoxy) is 2. The van der Waals surface area contributed by atoms with E-state index in [1.807, 2.05) is 44.2 Å². The van der Waals surface area contributed by atoms with Gasteiger partial charge in [0.15, 0.2) is 11.5 Å². The molecule has 0 radical (unpaired) electrons. The second kappa shape index (κ2) is 11.4. The zero-order valence-electron chi connectivity index (χ0n) is 17.5. The highest BCUT2D eigenvalue weighted by Gasteiger charge is 2.13. The van der Waals surface area contributed by atoms with Crippen molar-refractivity contribution in [1.82, 2.24) is 5.43 Å². The average Bonchev–Trinajstić information content (AvgIpc) is 2.76. The van der Waals surface area contributed by atoms with Gasteiger partial charge in [-0.2, -0.15) is 5.10 Å². The van der Waals surface area contributed by atoms with Gasteiger partial charge >= 0.3 is 0 Å². The van der Waals surface area contributed by atoms with Crippen molar-refractivity contribution in [3.8, 4) is 11.5 Å². The van der Waals surface area contributed by atoms with Crippen molar-refractivity contribution in [3.05, 3.63) is 91.4 Å². The molecule has 8 heteroatoms. The van der Waals surface area contributed by atoms with Crippen LogP contribution in [-0.2, 0) is 6.61 Å². The van der Waals surface area contributed by atoms with Crippen molar-refractivity contribution >= 4 is 51.3 Å². The van der Waals surface area contributed by atoms with Crippen molar-refractivity contribution < 1.29 is 14.3 Å². The summed E-state index contributed by atoms with van der Waals surface area (Å²) in [7, 11) is 0. The van der Waals surface area contributed by atoms with E-state index in [0.29, 0.717) is 50.4 Å². The maximum atomic E-state index is 12.3. The summed E-state index contributed by atoms with van der Waals surface area (Å²) in [5.74, 6) is 0.751. The van der Waals surface area contributed by atoms with E-state index in [9.17, 15) is 4.79 Å². The molecule has 1 amide bonds. The molecular formula is C24H21BrCl2N2O3. The molecule has 0 fully saturated rings. The fourth-order valence-electron chi connectivity index (χ4n) is 2.79. The maximum absolute atomic E-state index is 12.3. The Morgan fingerprint density at radius 1 is 1.09 bits per heavy atom. The number of carbonyl (C=O) groups excluding carboxylic acids is 1. The molecule has 3 rings (SSSR count). The summed E-state index contributed by atoms with van der Waals surface area (Å²) in [6.45, 7) is 4.51. The number of halogens is 3. The number of hydrazone groups is 1. The van der Waals surface area contributed by atoms with Crippen LogP contribution >= 0.6 is 39.1 Å². The van der Waals surface area contributed by atoms with Gasteiger partial charge in [0.1, 0.15) is 6.61 Å². The summed E-state index contributed by atoms with van der Waals surface area (Å²) in [5, 5.41) is 5.21. The first-order valence-electron chi connectivity index (χ1n) is 9.81. The van der Waals surface area contributed by atoms with Crippen LogP contribution in [0.2, 0.25) is 10.0 Å². The van der Waals surface area contributed by atoms with E-state index in [1.165, 1.54) is 6.21 Å². The predicted molar refractivity (Wildman–Crippen MR) is 132 cm³/mol. The van der Waals surface area contributed by atoms with Crippen LogP contribution in [0.1, 0.15) is 34.0 Å². The second-order valence-electron chi connectivity index (χ2n) is 6.81. The lowest BCUT2D eigenvalue weighted by Gasteiger charge is -2.15. The van der Waals surface area contributed by atoms with Crippen LogP contribution in [0.4, 0.5) is 0 Å². The van der Waals surface area contributed by atoms with Crippen LogP contribution < -0.4 is 14.9 Å². The fraction of sp³-hybridized carbons (Fsp3) is 0.167. The summed E-state index contributed by atoms with van der Waals surface area (Å²) in [6.07, 6.45) is 1.53. The Balaban J connectivity index is 1.73. The Morgan fingerprint density at radius 3 is 2.59 bits per heavy atom. The Labute approximate surface area is 205 Å². The molecule has 166 valence electrons. The lowest BCUT2D eigenvalue weighted by molar-refractivity contribution is 0.0955. The smallest absolute Gasteiger partial charge is 0.271 e. The van der Waals surface area contributed by atoms with Crippen LogP contribution in [0.25, 0.3) is 0 Å². The van der Waals surface area contributed by atoms with Crippen LogP contribution in [0.5, 0.6) is 11.5 Å². The monoisotopic (exact) mass is 534 g/mol. The molecule has 32 heavy (non-hydrogen) atoms. The normalized spacial score (nSPS) is 10.9. The molecule has 0 aliphatic rings. The fourth-order valence-corrected chi connectivity index (χ4v) is 3.74. The SMILES string of the molecule is CCOc1cc(/C=N\NC(=O)c2ccc(C)c(Cl)c2)cc(Br)c1OCc1ccccc1Cl. The van der Waals surface area contributed by atoms with Gasteiger partial charge in [-0.25, -0.2) is 5.43 Å². The lowest BCUT2D eigenvalue weighted by atomic mass is 10.1. The second-order valence-corrected chi connectivity index (χ2v) is 8.47. The van der Waals surface area contributed by atoms with E-state index in [2.05, 4.69) is 26.5 Å². The molecule has 0 saturated heterocycles. The third kappa shape index (κ3) is 6.25. The van der Waals surface area contributed by atoms with Gasteiger partial charge in [0.25, 0.3) is 5.91 Å². The molecule has 1 N–H and O–H groups in total. The minimum absolute atomic E-state index is 0.293. The minimum Gasteiger partial charge on any atom is -0.490 e. The molecule has 0 aromatic heterocycles. The summed E-state index contributed by atoms with van der Waals surface area (Å²) in [4.78, 5) is 12.3. The topological polar surface area (TPSA) is 59.9 Å². The quantitative estimate of drug-likeness (QED) is 0.254. The number of carbonyl (C=O) groups is 1. The Hall–Kier alpha value is -2.54. The van der Waals surface area contributed by atoms with E-state index >= 15 is 0 Å². The molecule has 0 atom stereocenters. The molecule has 0 spiro atoms. The van der Waals surface area contributed by atoms with E-state index in [-0.39, 0.29) is 5.91 Å². The van der Waals surface area contributed by atoms with Crippen LogP contribution in [0.3, 0.4) is 0 Å². The number of nitrogens with zero attached hydrogens (tertiary/aromatic N) is 1. The number of aryl methyl sites for hydroxylation is 1. The predicted octanol–water partition coefficient (Wildman–Crippen LogP) is 6.81. The van der Waals surface area contributed by atoms with Crippen molar-refractivity contribution in [2.75, 3.05) is 6.61 Å². The van der Waals surface area contributed by atoms with Gasteiger partial charge in [-0.1, -0.05) is 47.5 Å². The number of amides is 1. The minimum atomic E-state index is -0.355. The van der Waals surface area contributed by atoms with Crippen molar-refractivity contribution in [2.24, 2.45) is 5.10 Å². The lowest BCUT2D eigenvalue weighted by Crippen LogP contribution is -2.17. The van der Waals surface area contributed by atoms with Gasteiger partial charge in [-0.15, -0.1) is 0 Å². The maximum Gasteiger partial charge on any atom is 0.271 e. The Kier molecular flexibility index (Phi) is 8.56. The van der Waals surface area contributed by atoms with Crippen LogP contribution in [0.15, 0.2) is 64.2 Å². The summed E-state index contributed by atoms with van der Waals surface area (Å²) >= 11 is 15.8. The third-order valence-electron chi connectivity index (χ3n) is 4.48. The van der Waals surface area contributed by atoms with Gasteiger partial charge in [0.2, 0.25) is 0 Å². The standard InChI is InChI=1S/C24H21BrCl2N2O3/c1-3-31-22-11-16(13-28-29-24(30)17-9-8-15(2)21(27)12-17)10-19(25)23(22)32-14-18-6-4-5-7-20(18)26/h4-13H,3,14H2,1-2H3,(H,29,30)/b28-13-. The Morgan fingerprint density at radius 2 is 1.88 bits per heavy atom. The number of benzene rings is 3. The first kappa shape index (κ1) is 24.1. The number of hydrogen-bond acceptors (Lipinski definition) is 4. The highest BCUT2D eigenvalue weighted by Crippen LogP contribution is 2.37. The van der Waals surface area contributed by atoms with Gasteiger partial charge in [0.05, 0.1) is 17.3 Å². The molecule has 0 aliphatic carbocycles. The summed E-state index contributed by atoms with van der Waals surface area (Å²) in [6, 6.07) is 16.2. The molecule has 3 aromatic carbocycles. The molecule has 3 aromatic rings. The van der Waals surface area contributed by atoms with Crippen molar-refractivity contribution in [1.29, 1.82) is 0 Å². The molecule has 5 nitrogen and oxygen atoms in total. The van der Waals surface area contributed by atoms with Gasteiger partial charge in [-0.3, -0.25) is 4.79 Å². The number of nitrogens with one attached hydrogen (secondary N) is 1. The molecule has 0 saturated carbocycles.